The van der Waals surface area contributed by atoms with Crippen molar-refractivity contribution >= 4 is 28.8 Å². The summed E-state index contributed by atoms with van der Waals surface area (Å²) < 4.78 is 17.0. The Morgan fingerprint density at radius 3 is 2.44 bits per heavy atom. The second kappa shape index (κ2) is 11.4. The van der Waals surface area contributed by atoms with Crippen LogP contribution in [0.2, 0.25) is 5.02 Å². The molecule has 2 fully saturated rings. The highest BCUT2D eigenvalue weighted by Crippen LogP contribution is 2.56. The molecule has 2 heterocycles. The zero-order chi connectivity index (χ0) is 28.5. The van der Waals surface area contributed by atoms with Crippen LogP contribution < -0.4 is 15.4 Å². The van der Waals surface area contributed by atoms with Gasteiger partial charge in [-0.1, -0.05) is 24.9 Å². The summed E-state index contributed by atoms with van der Waals surface area (Å²) >= 11 is 6.63. The third-order valence-electron chi connectivity index (χ3n) is 7.73. The third-order valence-corrected chi connectivity index (χ3v) is 8.06. The number of benzene rings is 1. The Balaban J connectivity index is 1.72. The highest BCUT2D eigenvalue weighted by molar-refractivity contribution is 6.33. The largest absolute Gasteiger partial charge is 0.491 e. The van der Waals surface area contributed by atoms with Crippen molar-refractivity contribution in [3.05, 3.63) is 40.2 Å². The first-order chi connectivity index (χ1) is 18.5. The number of aliphatic hydroxyl groups is 1. The van der Waals surface area contributed by atoms with Gasteiger partial charge in [-0.05, 0) is 45.4 Å². The van der Waals surface area contributed by atoms with Crippen molar-refractivity contribution in [1.29, 1.82) is 0 Å². The van der Waals surface area contributed by atoms with E-state index in [0.717, 1.165) is 43.7 Å². The van der Waals surface area contributed by atoms with Crippen LogP contribution in [0.15, 0.2) is 23.9 Å². The van der Waals surface area contributed by atoms with Crippen molar-refractivity contribution in [3.8, 4) is 17.1 Å². The smallest absolute Gasteiger partial charge is 0.168 e. The van der Waals surface area contributed by atoms with Gasteiger partial charge in [0.1, 0.15) is 18.2 Å². The minimum atomic E-state index is -0.557. The number of Topliss-reactive ketones (excluding diaryl/α,β-unsaturated/α-hetero) is 1. The number of aliphatic hydroxyl groups excluding tert-OH is 1. The first kappa shape index (κ1) is 29.3. The summed E-state index contributed by atoms with van der Waals surface area (Å²) in [6.45, 7) is 8.84. The Bertz CT molecular complexity index is 1260. The van der Waals surface area contributed by atoms with E-state index in [1.54, 1.807) is 39.3 Å². The molecule has 1 saturated heterocycles. The number of nitrogens with zero attached hydrogens (tertiary/aromatic N) is 3. The maximum absolute atomic E-state index is 12.7. The minimum absolute atomic E-state index is 0.0947. The number of halogens is 1. The van der Waals surface area contributed by atoms with Gasteiger partial charge in [0.15, 0.2) is 17.4 Å². The van der Waals surface area contributed by atoms with E-state index in [9.17, 15) is 9.90 Å². The molecule has 39 heavy (non-hydrogen) atoms. The standard InChI is InChI=1S/C29H39ClN4O5/c1-7-8-20(36)12-39-21-9-10-23(30)22(11-21)26-32-25(24(18(3)31)19(4)35)17(2)27(33-26)34-15-28(16-34)13-29(14-28,37-5)38-6/h9-11,20,36H,7-8,12-16,31H2,1-6H3/t20-/m1/s1. The first-order valence-corrected chi connectivity index (χ1v) is 13.7. The number of carbonyl (C=O) groups is 1. The van der Waals surface area contributed by atoms with E-state index in [1.807, 2.05) is 13.8 Å². The fourth-order valence-electron chi connectivity index (χ4n) is 5.78. The third kappa shape index (κ3) is 5.77. The number of ketones is 1. The van der Waals surface area contributed by atoms with Crippen LogP contribution in [0.1, 0.15) is 57.7 Å². The Labute approximate surface area is 235 Å². The first-order valence-electron chi connectivity index (χ1n) is 13.3. The molecule has 1 atom stereocenters. The molecule has 4 rings (SSSR count). The van der Waals surface area contributed by atoms with Gasteiger partial charge in [-0.25, -0.2) is 9.97 Å². The molecule has 1 saturated carbocycles. The minimum Gasteiger partial charge on any atom is -0.491 e. The van der Waals surface area contributed by atoms with Crippen molar-refractivity contribution in [3.63, 3.8) is 0 Å². The zero-order valence-electron chi connectivity index (χ0n) is 23.6. The van der Waals surface area contributed by atoms with Crippen LogP contribution in [0.4, 0.5) is 5.82 Å². The number of methoxy groups -OCH3 is 2. The van der Waals surface area contributed by atoms with Crippen molar-refractivity contribution in [1.82, 2.24) is 9.97 Å². The highest BCUT2D eigenvalue weighted by atomic mass is 35.5. The van der Waals surface area contributed by atoms with E-state index >= 15 is 0 Å². The molecule has 212 valence electrons. The lowest BCUT2D eigenvalue weighted by Gasteiger charge is -2.63. The van der Waals surface area contributed by atoms with E-state index in [2.05, 4.69) is 4.90 Å². The number of rotatable bonds is 11. The number of ether oxygens (including phenoxy) is 3. The summed E-state index contributed by atoms with van der Waals surface area (Å²) in [6.07, 6.45) is 2.58. The second-order valence-corrected chi connectivity index (χ2v) is 11.3. The average molecular weight is 559 g/mol. The molecular weight excluding hydrogens is 520 g/mol. The van der Waals surface area contributed by atoms with Crippen LogP contribution in [0, 0.1) is 12.3 Å². The monoisotopic (exact) mass is 558 g/mol. The Hall–Kier alpha value is -2.72. The van der Waals surface area contributed by atoms with E-state index in [-0.39, 0.29) is 17.8 Å². The number of hydrogen-bond acceptors (Lipinski definition) is 9. The number of hydrogen-bond donors (Lipinski definition) is 2. The number of allylic oxidation sites excluding steroid dienone is 2. The molecule has 2 aliphatic rings. The van der Waals surface area contributed by atoms with Gasteiger partial charge in [0.2, 0.25) is 0 Å². The molecule has 9 nitrogen and oxygen atoms in total. The lowest BCUT2D eigenvalue weighted by molar-refractivity contribution is -0.301. The van der Waals surface area contributed by atoms with Crippen molar-refractivity contribution < 1.29 is 24.1 Å². The van der Waals surface area contributed by atoms with Crippen molar-refractivity contribution in [2.75, 3.05) is 38.8 Å². The van der Waals surface area contributed by atoms with Gasteiger partial charge in [-0.3, -0.25) is 4.79 Å². The summed E-state index contributed by atoms with van der Waals surface area (Å²) in [6, 6.07) is 5.23. The molecule has 0 unspecified atom stereocenters. The van der Waals surface area contributed by atoms with E-state index in [0.29, 0.717) is 45.5 Å². The fraction of sp³-hybridized carbons (Fsp3) is 0.552. The normalized spacial score (nSPS) is 18.7. The molecule has 0 radical (unpaired) electrons. The zero-order valence-corrected chi connectivity index (χ0v) is 24.4. The fourth-order valence-corrected chi connectivity index (χ4v) is 5.98. The topological polar surface area (TPSA) is 120 Å². The molecule has 1 aromatic heterocycles. The van der Waals surface area contributed by atoms with Gasteiger partial charge in [0, 0.05) is 62.4 Å². The summed E-state index contributed by atoms with van der Waals surface area (Å²) in [5.74, 6) is 0.942. The van der Waals surface area contributed by atoms with E-state index < -0.39 is 11.9 Å². The van der Waals surface area contributed by atoms with Gasteiger partial charge in [0.25, 0.3) is 0 Å². The number of anilines is 1. The van der Waals surface area contributed by atoms with Gasteiger partial charge in [-0.2, -0.15) is 0 Å². The van der Waals surface area contributed by atoms with Gasteiger partial charge in [-0.15, -0.1) is 0 Å². The Morgan fingerprint density at radius 1 is 1.21 bits per heavy atom. The summed E-state index contributed by atoms with van der Waals surface area (Å²) in [4.78, 5) is 24.6. The predicted octanol–water partition coefficient (Wildman–Crippen LogP) is 4.51. The number of nitrogens with two attached hydrogens (primary N) is 1. The molecule has 1 aliphatic heterocycles. The van der Waals surface area contributed by atoms with Gasteiger partial charge < -0.3 is 30.0 Å². The van der Waals surface area contributed by atoms with E-state index in [4.69, 9.17) is 41.5 Å². The van der Waals surface area contributed by atoms with Crippen molar-refractivity contribution in [2.45, 2.75) is 65.3 Å². The summed E-state index contributed by atoms with van der Waals surface area (Å²) in [5.41, 5.74) is 8.84. The van der Waals surface area contributed by atoms with Crippen molar-refractivity contribution in [2.24, 2.45) is 11.1 Å². The lowest BCUT2D eigenvalue weighted by Crippen LogP contribution is -2.69. The lowest BCUT2D eigenvalue weighted by atomic mass is 9.59. The van der Waals surface area contributed by atoms with Crippen LogP contribution in [-0.2, 0) is 14.3 Å². The molecule has 0 amide bonds. The second-order valence-electron chi connectivity index (χ2n) is 10.9. The molecule has 1 aliphatic carbocycles. The molecule has 1 spiro atoms. The SMILES string of the molecule is CCC[C@@H](O)COc1ccc(Cl)c(-c2nc(C(C(C)=O)=C(C)N)c(C)c(N3CC4(C3)CC(OC)(OC)C4)n2)c1. The summed E-state index contributed by atoms with van der Waals surface area (Å²) in [7, 11) is 3.35. The van der Waals surface area contributed by atoms with Crippen LogP contribution in [0.25, 0.3) is 17.0 Å². The highest BCUT2D eigenvalue weighted by Gasteiger charge is 2.61. The van der Waals surface area contributed by atoms with Crippen LogP contribution in [0.5, 0.6) is 5.75 Å². The number of aromatic nitrogens is 2. The van der Waals surface area contributed by atoms with Gasteiger partial charge in [0.05, 0.1) is 22.4 Å². The van der Waals surface area contributed by atoms with Crippen LogP contribution in [0.3, 0.4) is 0 Å². The quantitative estimate of drug-likeness (QED) is 0.303. The molecule has 1 aromatic carbocycles. The molecular formula is C29H39ClN4O5. The Morgan fingerprint density at radius 2 is 1.87 bits per heavy atom. The van der Waals surface area contributed by atoms with Crippen LogP contribution >= 0.6 is 11.6 Å². The maximum atomic E-state index is 12.7. The molecule has 10 heteroatoms. The average Bonchev–Trinajstić information content (AvgIpc) is 2.84. The molecule has 2 aromatic rings. The summed E-state index contributed by atoms with van der Waals surface area (Å²) in [5, 5.41) is 10.5. The van der Waals surface area contributed by atoms with Gasteiger partial charge >= 0.3 is 0 Å². The molecule has 0 bridgehead atoms. The maximum Gasteiger partial charge on any atom is 0.168 e. The van der Waals surface area contributed by atoms with Crippen LogP contribution in [-0.4, -0.2) is 66.7 Å². The predicted molar refractivity (Wildman–Crippen MR) is 152 cm³/mol. The number of carbonyl (C=O) groups excluding carboxylic acids is 1. The van der Waals surface area contributed by atoms with E-state index in [1.165, 1.54) is 6.92 Å². The Kier molecular flexibility index (Phi) is 8.56. The molecule has 3 N–H and O–H groups in total.